The first kappa shape index (κ1) is 12.5. The van der Waals surface area contributed by atoms with E-state index < -0.39 is 0 Å². The van der Waals surface area contributed by atoms with Crippen LogP contribution in [0.4, 0.5) is 0 Å². The number of nitrogens with one attached hydrogen (secondary N) is 1. The molecule has 0 aliphatic heterocycles. The Morgan fingerprint density at radius 1 is 1.27 bits per heavy atom. The molecule has 1 aromatic heterocycles. The van der Waals surface area contributed by atoms with Gasteiger partial charge in [-0.2, -0.15) is 0 Å². The Balaban J connectivity index is 2.23. The maximum Gasteiger partial charge on any atom is 0.119 e. The molecule has 0 saturated carbocycles. The minimum Gasteiger partial charge on any atom is -0.381 e. The predicted molar refractivity (Wildman–Crippen MR) is 62.4 cm³/mol. The van der Waals surface area contributed by atoms with Crippen molar-refractivity contribution in [2.75, 3.05) is 26.8 Å². The minimum atomic E-state index is 0.752. The highest BCUT2D eigenvalue weighted by atomic mass is 32.1. The summed E-state index contributed by atoms with van der Waals surface area (Å²) in [4.78, 5) is 0. The summed E-state index contributed by atoms with van der Waals surface area (Å²) < 4.78 is 5.27. The van der Waals surface area contributed by atoms with Crippen LogP contribution in [0.2, 0.25) is 0 Å². The molecule has 86 valence electrons. The van der Waals surface area contributed by atoms with Gasteiger partial charge in [-0.15, -0.1) is 21.5 Å². The highest BCUT2D eigenvalue weighted by molar-refractivity contribution is 7.11. The molecule has 0 saturated heterocycles. The van der Waals surface area contributed by atoms with Gasteiger partial charge in [0.1, 0.15) is 10.0 Å². The maximum atomic E-state index is 5.27. The normalized spacial score (nSPS) is 10.8. The monoisotopic (exact) mass is 229 g/mol. The fourth-order valence-electron chi connectivity index (χ4n) is 1.21. The van der Waals surface area contributed by atoms with Crippen LogP contribution in [0.25, 0.3) is 0 Å². The Bertz CT molecular complexity index is 240. The molecular formula is C10H19N3OS. The average Bonchev–Trinajstić information content (AvgIpc) is 2.67. The third-order valence-electron chi connectivity index (χ3n) is 1.99. The number of hydrogen-bond acceptors (Lipinski definition) is 5. The SMILES string of the molecule is CCOCCc1nnc(CCCNC)s1. The molecule has 0 aromatic carbocycles. The van der Waals surface area contributed by atoms with Crippen molar-refractivity contribution in [3.05, 3.63) is 10.0 Å². The summed E-state index contributed by atoms with van der Waals surface area (Å²) in [5, 5.41) is 13.6. The van der Waals surface area contributed by atoms with E-state index in [0.717, 1.165) is 49.0 Å². The number of nitrogens with zero attached hydrogens (tertiary/aromatic N) is 2. The third kappa shape index (κ3) is 5.20. The van der Waals surface area contributed by atoms with Crippen LogP contribution >= 0.6 is 11.3 Å². The first-order chi connectivity index (χ1) is 7.36. The Morgan fingerprint density at radius 3 is 2.67 bits per heavy atom. The van der Waals surface area contributed by atoms with Crippen LogP contribution < -0.4 is 5.32 Å². The maximum absolute atomic E-state index is 5.27. The van der Waals surface area contributed by atoms with E-state index in [1.165, 1.54) is 0 Å². The lowest BCUT2D eigenvalue weighted by Gasteiger charge is -1.96. The summed E-state index contributed by atoms with van der Waals surface area (Å²) in [6, 6.07) is 0. The van der Waals surface area contributed by atoms with Crippen LogP contribution in [0, 0.1) is 0 Å². The van der Waals surface area contributed by atoms with Gasteiger partial charge >= 0.3 is 0 Å². The molecule has 1 aromatic rings. The summed E-state index contributed by atoms with van der Waals surface area (Å²) in [7, 11) is 1.97. The van der Waals surface area contributed by atoms with E-state index >= 15 is 0 Å². The van der Waals surface area contributed by atoms with Crippen molar-refractivity contribution in [1.82, 2.24) is 15.5 Å². The van der Waals surface area contributed by atoms with Gasteiger partial charge in [-0.05, 0) is 26.9 Å². The van der Waals surface area contributed by atoms with Gasteiger partial charge in [0.2, 0.25) is 0 Å². The summed E-state index contributed by atoms with van der Waals surface area (Å²) in [6.07, 6.45) is 3.03. The average molecular weight is 229 g/mol. The number of rotatable bonds is 8. The predicted octanol–water partition coefficient (Wildman–Crippen LogP) is 1.27. The first-order valence-corrected chi connectivity index (χ1v) is 6.22. The van der Waals surface area contributed by atoms with Crippen molar-refractivity contribution >= 4 is 11.3 Å². The molecule has 0 aliphatic rings. The van der Waals surface area contributed by atoms with Crippen LogP contribution in [-0.4, -0.2) is 37.0 Å². The molecule has 1 rings (SSSR count). The molecule has 0 bridgehead atoms. The van der Waals surface area contributed by atoms with Crippen LogP contribution in [0.15, 0.2) is 0 Å². The molecule has 15 heavy (non-hydrogen) atoms. The molecule has 0 atom stereocenters. The van der Waals surface area contributed by atoms with Gasteiger partial charge in [-0.1, -0.05) is 0 Å². The summed E-state index contributed by atoms with van der Waals surface area (Å²) in [6.45, 7) is 4.56. The molecule has 5 heteroatoms. The van der Waals surface area contributed by atoms with Crippen molar-refractivity contribution in [3.63, 3.8) is 0 Å². The minimum absolute atomic E-state index is 0.752. The van der Waals surface area contributed by atoms with E-state index in [-0.39, 0.29) is 0 Å². The van der Waals surface area contributed by atoms with Gasteiger partial charge in [-0.25, -0.2) is 0 Å². The molecule has 0 radical (unpaired) electrons. The van der Waals surface area contributed by atoms with Gasteiger partial charge in [-0.3, -0.25) is 0 Å². The van der Waals surface area contributed by atoms with Crippen molar-refractivity contribution < 1.29 is 4.74 Å². The summed E-state index contributed by atoms with van der Waals surface area (Å²) in [5.74, 6) is 0. The van der Waals surface area contributed by atoms with Crippen LogP contribution in [0.3, 0.4) is 0 Å². The topological polar surface area (TPSA) is 47.0 Å². The van der Waals surface area contributed by atoms with Gasteiger partial charge in [0.15, 0.2) is 0 Å². The van der Waals surface area contributed by atoms with E-state index in [1.807, 2.05) is 14.0 Å². The van der Waals surface area contributed by atoms with E-state index in [0.29, 0.717) is 0 Å². The van der Waals surface area contributed by atoms with Crippen LogP contribution in [0.5, 0.6) is 0 Å². The Morgan fingerprint density at radius 2 is 2.00 bits per heavy atom. The molecule has 0 unspecified atom stereocenters. The standard InChI is InChI=1S/C10H19N3OS/c1-3-14-8-6-10-13-12-9(15-10)5-4-7-11-2/h11H,3-8H2,1-2H3. The highest BCUT2D eigenvalue weighted by Gasteiger charge is 2.03. The van der Waals surface area contributed by atoms with Gasteiger partial charge < -0.3 is 10.1 Å². The van der Waals surface area contributed by atoms with Gasteiger partial charge in [0, 0.05) is 19.4 Å². The van der Waals surface area contributed by atoms with E-state index in [4.69, 9.17) is 4.74 Å². The molecular weight excluding hydrogens is 210 g/mol. The molecule has 0 amide bonds. The molecule has 1 heterocycles. The van der Waals surface area contributed by atoms with Crippen molar-refractivity contribution in [3.8, 4) is 0 Å². The highest BCUT2D eigenvalue weighted by Crippen LogP contribution is 2.11. The molecule has 4 nitrogen and oxygen atoms in total. The number of aromatic nitrogens is 2. The Kier molecular flexibility index (Phi) is 6.47. The second-order valence-corrected chi connectivity index (χ2v) is 4.39. The molecule has 0 fully saturated rings. The zero-order chi connectivity index (χ0) is 10.9. The van der Waals surface area contributed by atoms with E-state index in [2.05, 4.69) is 15.5 Å². The van der Waals surface area contributed by atoms with Crippen LogP contribution in [0.1, 0.15) is 23.4 Å². The zero-order valence-electron chi connectivity index (χ0n) is 9.45. The second kappa shape index (κ2) is 7.73. The number of hydrogen-bond donors (Lipinski definition) is 1. The van der Waals surface area contributed by atoms with Gasteiger partial charge in [0.05, 0.1) is 6.61 Å². The zero-order valence-corrected chi connectivity index (χ0v) is 10.3. The lowest BCUT2D eigenvalue weighted by Crippen LogP contribution is -2.08. The van der Waals surface area contributed by atoms with E-state index in [1.54, 1.807) is 11.3 Å². The summed E-state index contributed by atoms with van der Waals surface area (Å²) >= 11 is 1.70. The quantitative estimate of drug-likeness (QED) is 0.682. The fraction of sp³-hybridized carbons (Fsp3) is 0.800. The smallest absolute Gasteiger partial charge is 0.119 e. The van der Waals surface area contributed by atoms with Crippen molar-refractivity contribution in [2.45, 2.75) is 26.2 Å². The molecule has 0 spiro atoms. The Hall–Kier alpha value is -0.520. The van der Waals surface area contributed by atoms with Crippen molar-refractivity contribution in [2.24, 2.45) is 0 Å². The van der Waals surface area contributed by atoms with Gasteiger partial charge in [0.25, 0.3) is 0 Å². The molecule has 0 aliphatic carbocycles. The number of aryl methyl sites for hydroxylation is 1. The fourth-order valence-corrected chi connectivity index (χ4v) is 2.08. The van der Waals surface area contributed by atoms with Crippen LogP contribution in [-0.2, 0) is 17.6 Å². The Labute approximate surface area is 95.1 Å². The van der Waals surface area contributed by atoms with E-state index in [9.17, 15) is 0 Å². The lowest BCUT2D eigenvalue weighted by atomic mass is 10.3. The third-order valence-corrected chi connectivity index (χ3v) is 3.03. The van der Waals surface area contributed by atoms with Crippen molar-refractivity contribution in [1.29, 1.82) is 0 Å². The first-order valence-electron chi connectivity index (χ1n) is 5.40. The molecule has 1 N–H and O–H groups in total. The number of ether oxygens (including phenoxy) is 1. The largest absolute Gasteiger partial charge is 0.381 e. The summed E-state index contributed by atoms with van der Waals surface area (Å²) in [5.41, 5.74) is 0. The lowest BCUT2D eigenvalue weighted by molar-refractivity contribution is 0.150. The second-order valence-electron chi connectivity index (χ2n) is 3.24.